The normalized spacial score (nSPS) is 24.3. The molecule has 0 N–H and O–H groups in total. The number of anilines is 1. The average molecular weight is 529 g/mol. The van der Waals surface area contributed by atoms with Gasteiger partial charge in [-0.1, -0.05) is 52.3 Å². The van der Waals surface area contributed by atoms with Crippen LogP contribution in [0.25, 0.3) is 6.08 Å². The number of benzene rings is 3. The first-order chi connectivity index (χ1) is 17.0. The van der Waals surface area contributed by atoms with Crippen molar-refractivity contribution in [2.45, 2.75) is 12.1 Å². The molecule has 0 spiro atoms. The van der Waals surface area contributed by atoms with Crippen molar-refractivity contribution in [1.29, 1.82) is 0 Å². The van der Waals surface area contributed by atoms with Gasteiger partial charge in [0.15, 0.2) is 5.78 Å². The maximum Gasteiger partial charge on any atom is 0.240 e. The summed E-state index contributed by atoms with van der Waals surface area (Å²) in [6, 6.07) is 20.6. The number of imide groups is 1. The van der Waals surface area contributed by atoms with Gasteiger partial charge in [-0.3, -0.25) is 14.4 Å². The van der Waals surface area contributed by atoms with Crippen molar-refractivity contribution in [2.75, 3.05) is 12.0 Å². The maximum atomic E-state index is 13.9. The Morgan fingerprint density at radius 2 is 1.57 bits per heavy atom. The Morgan fingerprint density at radius 1 is 0.886 bits per heavy atom. The van der Waals surface area contributed by atoms with Gasteiger partial charge < -0.3 is 9.64 Å². The van der Waals surface area contributed by atoms with Crippen LogP contribution in [-0.2, 0) is 9.59 Å². The Bertz CT molecular complexity index is 1380. The molecule has 0 bridgehead atoms. The number of Topliss-reactive ketones (excluding diaryl/α,β-unsaturated/α-hetero) is 1. The third-order valence-electron chi connectivity index (χ3n) is 7.19. The highest BCUT2D eigenvalue weighted by atomic mass is 79.9. The molecule has 0 aliphatic carbocycles. The van der Waals surface area contributed by atoms with Gasteiger partial charge in [-0.25, -0.2) is 4.90 Å². The fraction of sp³-hybridized carbons (Fsp3) is 0.179. The molecule has 4 atom stereocenters. The number of amides is 2. The van der Waals surface area contributed by atoms with E-state index in [1.165, 1.54) is 4.90 Å². The second-order valence-electron chi connectivity index (χ2n) is 8.91. The number of fused-ring (bicyclic) bond motifs is 5. The number of hydrogen-bond donors (Lipinski definition) is 0. The highest BCUT2D eigenvalue weighted by molar-refractivity contribution is 9.10. The Labute approximate surface area is 210 Å². The maximum absolute atomic E-state index is 13.9. The zero-order valence-electron chi connectivity index (χ0n) is 18.8. The smallest absolute Gasteiger partial charge is 0.240 e. The lowest BCUT2D eigenvalue weighted by Gasteiger charge is -2.35. The zero-order chi connectivity index (χ0) is 24.3. The standard InChI is InChI=1S/C28H21BrN2O4/c1-35-20-12-10-19(11-13-20)31-27(33)22-23(28(31)34)25(26(32)17-6-8-18(29)9-7-17)30-15-14-16-4-2-3-5-21(16)24(22)30/h2-15,22-25H,1H3/t22-,23+,24+,25+/m0/s1. The van der Waals surface area contributed by atoms with E-state index in [0.717, 1.165) is 15.6 Å². The quantitative estimate of drug-likeness (QED) is 0.357. The van der Waals surface area contributed by atoms with E-state index in [9.17, 15) is 14.4 Å². The molecule has 7 heteroatoms. The van der Waals surface area contributed by atoms with E-state index in [2.05, 4.69) is 15.9 Å². The van der Waals surface area contributed by atoms with E-state index in [1.54, 1.807) is 43.5 Å². The summed E-state index contributed by atoms with van der Waals surface area (Å²) in [5.41, 5.74) is 2.94. The minimum Gasteiger partial charge on any atom is -0.497 e. The second kappa shape index (κ2) is 8.20. The molecule has 35 heavy (non-hydrogen) atoms. The molecule has 3 aromatic rings. The average Bonchev–Trinajstić information content (AvgIpc) is 3.36. The van der Waals surface area contributed by atoms with E-state index in [1.807, 2.05) is 53.6 Å². The van der Waals surface area contributed by atoms with Gasteiger partial charge in [0.25, 0.3) is 0 Å². The molecular weight excluding hydrogens is 508 g/mol. The third kappa shape index (κ3) is 3.26. The first kappa shape index (κ1) is 21.8. The van der Waals surface area contributed by atoms with Crippen molar-refractivity contribution in [3.8, 4) is 5.75 Å². The lowest BCUT2D eigenvalue weighted by atomic mass is 9.83. The molecule has 3 aromatic carbocycles. The van der Waals surface area contributed by atoms with Crippen LogP contribution < -0.4 is 9.64 Å². The van der Waals surface area contributed by atoms with Gasteiger partial charge in [0.2, 0.25) is 11.8 Å². The molecule has 2 fully saturated rings. The minimum atomic E-state index is -0.790. The molecule has 3 aliphatic rings. The molecule has 2 amide bonds. The first-order valence-electron chi connectivity index (χ1n) is 11.4. The van der Waals surface area contributed by atoms with E-state index in [4.69, 9.17) is 4.74 Å². The molecule has 0 saturated carbocycles. The molecule has 6 rings (SSSR count). The number of hydrogen-bond acceptors (Lipinski definition) is 5. The van der Waals surface area contributed by atoms with Gasteiger partial charge in [0, 0.05) is 16.2 Å². The molecule has 2 saturated heterocycles. The van der Waals surface area contributed by atoms with Crippen LogP contribution in [0.2, 0.25) is 0 Å². The van der Waals surface area contributed by atoms with Crippen molar-refractivity contribution < 1.29 is 19.1 Å². The molecular formula is C28H21BrN2O4. The number of rotatable bonds is 4. The molecule has 0 aromatic heterocycles. The van der Waals surface area contributed by atoms with Crippen LogP contribution in [0.1, 0.15) is 27.5 Å². The van der Waals surface area contributed by atoms with Crippen molar-refractivity contribution in [3.63, 3.8) is 0 Å². The fourth-order valence-electron chi connectivity index (χ4n) is 5.63. The number of carbonyl (C=O) groups is 3. The summed E-state index contributed by atoms with van der Waals surface area (Å²) in [5.74, 6) is -1.62. The van der Waals surface area contributed by atoms with Gasteiger partial charge in [-0.2, -0.15) is 0 Å². The summed E-state index contributed by atoms with van der Waals surface area (Å²) in [5, 5.41) is 0. The van der Waals surface area contributed by atoms with Crippen LogP contribution >= 0.6 is 15.9 Å². The number of ether oxygens (including phenoxy) is 1. The number of carbonyl (C=O) groups excluding carboxylic acids is 3. The van der Waals surface area contributed by atoms with Crippen molar-refractivity contribution in [1.82, 2.24) is 4.90 Å². The summed E-state index contributed by atoms with van der Waals surface area (Å²) in [6.45, 7) is 0. The van der Waals surface area contributed by atoms with Crippen LogP contribution in [0.5, 0.6) is 5.75 Å². The van der Waals surface area contributed by atoms with Crippen LogP contribution in [0, 0.1) is 11.8 Å². The minimum absolute atomic E-state index is 0.170. The summed E-state index contributed by atoms with van der Waals surface area (Å²) < 4.78 is 6.09. The van der Waals surface area contributed by atoms with E-state index in [0.29, 0.717) is 17.0 Å². The van der Waals surface area contributed by atoms with Crippen LogP contribution in [0.15, 0.2) is 83.5 Å². The lowest BCUT2D eigenvalue weighted by molar-refractivity contribution is -0.123. The number of methoxy groups -OCH3 is 1. The Balaban J connectivity index is 1.47. The van der Waals surface area contributed by atoms with Gasteiger partial charge in [-0.05, 0) is 53.6 Å². The number of halogens is 1. The number of nitrogens with zero attached hydrogens (tertiary/aromatic N) is 2. The van der Waals surface area contributed by atoms with E-state index in [-0.39, 0.29) is 17.6 Å². The monoisotopic (exact) mass is 528 g/mol. The predicted octanol–water partition coefficient (Wildman–Crippen LogP) is 4.86. The molecule has 3 heterocycles. The van der Waals surface area contributed by atoms with Gasteiger partial charge in [-0.15, -0.1) is 0 Å². The van der Waals surface area contributed by atoms with Crippen LogP contribution in [0.4, 0.5) is 5.69 Å². The predicted molar refractivity (Wildman–Crippen MR) is 135 cm³/mol. The first-order valence-corrected chi connectivity index (χ1v) is 12.1. The Morgan fingerprint density at radius 3 is 2.29 bits per heavy atom. The van der Waals surface area contributed by atoms with E-state index >= 15 is 0 Å². The lowest BCUT2D eigenvalue weighted by Crippen LogP contribution is -2.44. The summed E-state index contributed by atoms with van der Waals surface area (Å²) in [4.78, 5) is 44.8. The van der Waals surface area contributed by atoms with Crippen molar-refractivity contribution >= 4 is 45.3 Å². The van der Waals surface area contributed by atoms with Gasteiger partial charge in [0.05, 0.1) is 30.7 Å². The van der Waals surface area contributed by atoms with E-state index < -0.39 is 23.9 Å². The summed E-state index contributed by atoms with van der Waals surface area (Å²) >= 11 is 3.41. The van der Waals surface area contributed by atoms with Gasteiger partial charge >= 0.3 is 0 Å². The highest BCUT2D eigenvalue weighted by Crippen LogP contribution is 2.53. The molecule has 174 valence electrons. The molecule has 0 unspecified atom stereocenters. The summed E-state index contributed by atoms with van der Waals surface area (Å²) in [7, 11) is 1.56. The van der Waals surface area contributed by atoms with Gasteiger partial charge in [0.1, 0.15) is 11.8 Å². The van der Waals surface area contributed by atoms with Crippen molar-refractivity contribution in [2.24, 2.45) is 11.8 Å². The Kier molecular flexibility index (Phi) is 5.11. The van der Waals surface area contributed by atoms with Crippen LogP contribution in [0.3, 0.4) is 0 Å². The highest BCUT2D eigenvalue weighted by Gasteiger charge is 2.64. The zero-order valence-corrected chi connectivity index (χ0v) is 20.4. The second-order valence-corrected chi connectivity index (χ2v) is 9.83. The SMILES string of the molecule is COc1ccc(N2C(=O)[C@@H]3[C@H](C2=O)[C@H]2c4ccccc4C=CN2[C@H]3C(=O)c2ccc(Br)cc2)cc1. The largest absolute Gasteiger partial charge is 0.497 e. The molecule has 3 aliphatic heterocycles. The summed E-state index contributed by atoms with van der Waals surface area (Å²) in [6.07, 6.45) is 3.82. The number of ketones is 1. The van der Waals surface area contributed by atoms with Crippen LogP contribution in [-0.4, -0.2) is 35.6 Å². The van der Waals surface area contributed by atoms with Crippen molar-refractivity contribution in [3.05, 3.63) is 100 Å². The topological polar surface area (TPSA) is 66.9 Å². The third-order valence-corrected chi connectivity index (χ3v) is 7.72. The Hall–Kier alpha value is -3.71. The molecule has 6 nitrogen and oxygen atoms in total. The fourth-order valence-corrected chi connectivity index (χ4v) is 5.89. The molecule has 0 radical (unpaired) electrons.